The van der Waals surface area contributed by atoms with Crippen LogP contribution in [0.1, 0.15) is 23.7 Å². The second-order valence-corrected chi connectivity index (χ2v) is 6.12. The van der Waals surface area contributed by atoms with Gasteiger partial charge in [0.05, 0.1) is 13.2 Å². The van der Waals surface area contributed by atoms with E-state index in [1.54, 1.807) is 12.1 Å². The summed E-state index contributed by atoms with van der Waals surface area (Å²) in [7, 11) is 0. The van der Waals surface area contributed by atoms with Crippen LogP contribution in [0.4, 0.5) is 0 Å². The molecule has 0 bridgehead atoms. The molecule has 3 nitrogen and oxygen atoms in total. The summed E-state index contributed by atoms with van der Waals surface area (Å²) in [6.07, 6.45) is 0.0635. The zero-order valence-corrected chi connectivity index (χ0v) is 13.5. The number of aliphatic hydroxyl groups excluding tert-OH is 1. The Hall–Kier alpha value is -1.23. The first-order chi connectivity index (χ1) is 10.1. The fraction of sp³-hybridized carbons (Fsp3) is 0.250. The largest absolute Gasteiger partial charge is 0.490 e. The first-order valence-electron chi connectivity index (χ1n) is 6.68. The van der Waals surface area contributed by atoms with Gasteiger partial charge in [-0.05, 0) is 29.8 Å². The van der Waals surface area contributed by atoms with Gasteiger partial charge in [0.2, 0.25) is 0 Å². The van der Waals surface area contributed by atoms with Gasteiger partial charge in [0, 0.05) is 21.5 Å². The van der Waals surface area contributed by atoms with Crippen LogP contribution in [0.5, 0.6) is 11.5 Å². The summed E-state index contributed by atoms with van der Waals surface area (Å²) in [6.45, 7) is 1.25. The average Bonchev–Trinajstić information content (AvgIpc) is 2.70. The highest BCUT2D eigenvalue weighted by atomic mass is 79.9. The van der Waals surface area contributed by atoms with Crippen LogP contribution in [0.25, 0.3) is 0 Å². The predicted octanol–water partition coefficient (Wildman–Crippen LogP) is 4.35. The van der Waals surface area contributed by atoms with Gasteiger partial charge in [-0.25, -0.2) is 0 Å². The van der Waals surface area contributed by atoms with Crippen LogP contribution in [-0.4, -0.2) is 18.3 Å². The summed E-state index contributed by atoms with van der Waals surface area (Å²) in [5.74, 6) is 1.35. The number of rotatable bonds is 2. The summed E-state index contributed by atoms with van der Waals surface area (Å²) < 4.78 is 12.1. The van der Waals surface area contributed by atoms with Crippen LogP contribution in [0.2, 0.25) is 5.02 Å². The summed E-state index contributed by atoms with van der Waals surface area (Å²) in [6, 6.07) is 10.8. The molecule has 1 heterocycles. The summed E-state index contributed by atoms with van der Waals surface area (Å²) in [5, 5.41) is 11.2. The van der Waals surface area contributed by atoms with E-state index in [9.17, 15) is 5.11 Å². The molecular formula is C16H14BrClO3. The number of hydrogen-bond donors (Lipinski definition) is 1. The van der Waals surface area contributed by atoms with E-state index in [0.717, 1.165) is 22.0 Å². The second kappa shape index (κ2) is 6.26. The van der Waals surface area contributed by atoms with Crippen molar-refractivity contribution in [2.75, 3.05) is 13.2 Å². The van der Waals surface area contributed by atoms with Gasteiger partial charge in [0.25, 0.3) is 0 Å². The molecule has 1 aliphatic rings. The van der Waals surface area contributed by atoms with Crippen molar-refractivity contribution in [2.24, 2.45) is 0 Å². The third-order valence-electron chi connectivity index (χ3n) is 3.33. The first-order valence-corrected chi connectivity index (χ1v) is 7.85. The Bertz CT molecular complexity index is 660. The summed E-state index contributed by atoms with van der Waals surface area (Å²) in [5.41, 5.74) is 1.46. The minimum absolute atomic E-state index is 0.594. The highest BCUT2D eigenvalue weighted by Crippen LogP contribution is 2.39. The van der Waals surface area contributed by atoms with Crippen molar-refractivity contribution in [2.45, 2.75) is 12.5 Å². The average molecular weight is 370 g/mol. The van der Waals surface area contributed by atoms with Crippen LogP contribution in [0.3, 0.4) is 0 Å². The quantitative estimate of drug-likeness (QED) is 0.855. The molecule has 0 amide bonds. The number of aliphatic hydroxyl groups is 1. The van der Waals surface area contributed by atoms with Crippen molar-refractivity contribution in [3.63, 3.8) is 0 Å². The summed E-state index contributed by atoms with van der Waals surface area (Å²) >= 11 is 9.47. The van der Waals surface area contributed by atoms with Crippen molar-refractivity contribution in [3.05, 3.63) is 57.0 Å². The van der Waals surface area contributed by atoms with Crippen LogP contribution in [0, 0.1) is 0 Å². The highest BCUT2D eigenvalue weighted by Gasteiger charge is 2.19. The van der Waals surface area contributed by atoms with Gasteiger partial charge in [-0.15, -0.1) is 0 Å². The Balaban J connectivity index is 2.00. The molecule has 1 aliphatic heterocycles. The van der Waals surface area contributed by atoms with Crippen molar-refractivity contribution in [1.29, 1.82) is 0 Å². The molecule has 1 atom stereocenters. The zero-order chi connectivity index (χ0) is 14.8. The third-order valence-corrected chi connectivity index (χ3v) is 4.25. The molecule has 1 unspecified atom stereocenters. The van der Waals surface area contributed by atoms with E-state index in [2.05, 4.69) is 15.9 Å². The van der Waals surface area contributed by atoms with Crippen molar-refractivity contribution in [1.82, 2.24) is 0 Å². The van der Waals surface area contributed by atoms with Crippen molar-refractivity contribution >= 4 is 27.5 Å². The molecule has 0 aliphatic carbocycles. The maximum Gasteiger partial charge on any atom is 0.162 e. The number of benzene rings is 2. The standard InChI is InChI=1S/C16H14BrClO3/c17-13-9-15-14(20-5-2-6-21-15)8-12(13)16(19)10-3-1-4-11(18)7-10/h1,3-4,7-9,16,19H,2,5-6H2. The molecule has 0 saturated carbocycles. The van der Waals surface area contributed by atoms with Crippen LogP contribution in [0.15, 0.2) is 40.9 Å². The lowest BCUT2D eigenvalue weighted by Gasteiger charge is -2.16. The van der Waals surface area contributed by atoms with E-state index in [1.165, 1.54) is 0 Å². The zero-order valence-electron chi connectivity index (χ0n) is 11.2. The van der Waals surface area contributed by atoms with E-state index in [0.29, 0.717) is 29.7 Å². The second-order valence-electron chi connectivity index (χ2n) is 4.83. The molecule has 0 aromatic heterocycles. The predicted molar refractivity (Wildman–Crippen MR) is 85.3 cm³/mol. The third kappa shape index (κ3) is 3.18. The lowest BCUT2D eigenvalue weighted by molar-refractivity contribution is 0.218. The number of halogens is 2. The molecular weight excluding hydrogens is 356 g/mol. The Labute approximate surface area is 136 Å². The van der Waals surface area contributed by atoms with Gasteiger partial charge in [-0.3, -0.25) is 0 Å². The molecule has 3 rings (SSSR count). The van der Waals surface area contributed by atoms with E-state index >= 15 is 0 Å². The number of ether oxygens (including phenoxy) is 2. The Morgan fingerprint density at radius 2 is 1.81 bits per heavy atom. The van der Waals surface area contributed by atoms with Crippen molar-refractivity contribution in [3.8, 4) is 11.5 Å². The molecule has 2 aromatic rings. The van der Waals surface area contributed by atoms with Gasteiger partial charge >= 0.3 is 0 Å². The fourth-order valence-corrected chi connectivity index (χ4v) is 3.00. The minimum Gasteiger partial charge on any atom is -0.490 e. The molecule has 5 heteroatoms. The Morgan fingerprint density at radius 3 is 2.52 bits per heavy atom. The molecule has 0 saturated heterocycles. The monoisotopic (exact) mass is 368 g/mol. The maximum atomic E-state index is 10.6. The van der Waals surface area contributed by atoms with E-state index in [4.69, 9.17) is 21.1 Å². The van der Waals surface area contributed by atoms with Gasteiger partial charge in [-0.2, -0.15) is 0 Å². The van der Waals surface area contributed by atoms with E-state index in [1.807, 2.05) is 24.3 Å². The van der Waals surface area contributed by atoms with Crippen LogP contribution < -0.4 is 9.47 Å². The molecule has 110 valence electrons. The lowest BCUT2D eigenvalue weighted by Crippen LogP contribution is -2.02. The van der Waals surface area contributed by atoms with Crippen molar-refractivity contribution < 1.29 is 14.6 Å². The normalized spacial score (nSPS) is 15.4. The van der Waals surface area contributed by atoms with Gasteiger partial charge < -0.3 is 14.6 Å². The molecule has 0 radical (unpaired) electrons. The number of fused-ring (bicyclic) bond motifs is 1. The minimum atomic E-state index is -0.782. The first kappa shape index (κ1) is 14.7. The topological polar surface area (TPSA) is 38.7 Å². The molecule has 1 N–H and O–H groups in total. The molecule has 2 aromatic carbocycles. The molecule has 0 spiro atoms. The SMILES string of the molecule is OC(c1cccc(Cl)c1)c1cc2c(cc1Br)OCCCO2. The molecule has 21 heavy (non-hydrogen) atoms. The highest BCUT2D eigenvalue weighted by molar-refractivity contribution is 9.10. The molecule has 0 fully saturated rings. The smallest absolute Gasteiger partial charge is 0.162 e. The van der Waals surface area contributed by atoms with Gasteiger partial charge in [0.15, 0.2) is 11.5 Å². The lowest BCUT2D eigenvalue weighted by atomic mass is 10.0. The number of hydrogen-bond acceptors (Lipinski definition) is 3. The van der Waals surface area contributed by atoms with Gasteiger partial charge in [-0.1, -0.05) is 39.7 Å². The van der Waals surface area contributed by atoms with E-state index in [-0.39, 0.29) is 0 Å². The fourth-order valence-electron chi connectivity index (χ4n) is 2.27. The summed E-state index contributed by atoms with van der Waals surface area (Å²) in [4.78, 5) is 0. The van der Waals surface area contributed by atoms with E-state index < -0.39 is 6.10 Å². The van der Waals surface area contributed by atoms with Crippen LogP contribution >= 0.6 is 27.5 Å². The van der Waals surface area contributed by atoms with Crippen LogP contribution in [-0.2, 0) is 0 Å². The Kier molecular flexibility index (Phi) is 4.38. The maximum absolute atomic E-state index is 10.6. The Morgan fingerprint density at radius 1 is 1.10 bits per heavy atom. The van der Waals surface area contributed by atoms with Gasteiger partial charge in [0.1, 0.15) is 6.10 Å².